The summed E-state index contributed by atoms with van der Waals surface area (Å²) in [5, 5.41) is 22.1. The second-order valence-electron chi connectivity index (χ2n) is 2.51. The third-order valence-electron chi connectivity index (χ3n) is 1.61. The van der Waals surface area contributed by atoms with E-state index >= 15 is 0 Å². The molecule has 0 saturated carbocycles. The third-order valence-corrected chi connectivity index (χ3v) is 1.61. The van der Waals surface area contributed by atoms with Crippen LogP contribution in [0, 0.1) is 10.1 Å². The molecule has 6 heteroatoms. The zero-order valence-electron chi connectivity index (χ0n) is 6.85. The van der Waals surface area contributed by atoms with Gasteiger partial charge in [0.15, 0.2) is 0 Å². The van der Waals surface area contributed by atoms with Crippen LogP contribution in [0.15, 0.2) is 0 Å². The molecule has 0 amide bonds. The summed E-state index contributed by atoms with van der Waals surface area (Å²) in [6.07, 6.45) is 2.64. The fourth-order valence-corrected chi connectivity index (χ4v) is 1.15. The molecule has 1 saturated heterocycles. The predicted octanol–water partition coefficient (Wildman–Crippen LogP) is -0.273. The van der Waals surface area contributed by atoms with Crippen LogP contribution in [0.1, 0.15) is 12.8 Å². The van der Waals surface area contributed by atoms with Crippen molar-refractivity contribution in [2.24, 2.45) is 0 Å². The van der Waals surface area contributed by atoms with E-state index in [0.29, 0.717) is 6.61 Å². The Hall–Kier alpha value is -0.880. The van der Waals surface area contributed by atoms with E-state index < -0.39 is 5.09 Å². The smallest absolute Gasteiger partial charge is 0.291 e. The van der Waals surface area contributed by atoms with E-state index in [4.69, 9.17) is 20.4 Å². The van der Waals surface area contributed by atoms with Gasteiger partial charge >= 0.3 is 0 Å². The molecule has 2 N–H and O–H groups in total. The van der Waals surface area contributed by atoms with E-state index in [2.05, 4.69) is 4.90 Å². The molecule has 1 rings (SSSR count). The van der Waals surface area contributed by atoms with Crippen molar-refractivity contribution in [3.05, 3.63) is 10.1 Å². The van der Waals surface area contributed by atoms with E-state index in [9.17, 15) is 0 Å². The molecular formula is C6H14N2O4. The van der Waals surface area contributed by atoms with E-state index in [1.807, 2.05) is 0 Å². The standard InChI is InChI=1S/C6H13NO.HNO3/c8-6-5-7-3-1-2-4-7;2-1(3)4/h8H,1-6H2;(H,2,3,4). The number of rotatable bonds is 2. The number of β-amino-alcohol motifs (C(OH)–C–C–N with tert-alkyl or cyclic N) is 1. The number of likely N-dealkylation sites (tertiary alicyclic amines) is 1. The highest BCUT2D eigenvalue weighted by atomic mass is 16.9. The van der Waals surface area contributed by atoms with E-state index in [0.717, 1.165) is 6.54 Å². The molecule has 1 heterocycles. The maximum atomic E-state index is 8.48. The van der Waals surface area contributed by atoms with E-state index in [-0.39, 0.29) is 0 Å². The highest BCUT2D eigenvalue weighted by Crippen LogP contribution is 2.04. The zero-order chi connectivity index (χ0) is 9.40. The summed E-state index contributed by atoms with van der Waals surface area (Å²) in [4.78, 5) is 10.7. The minimum Gasteiger partial charge on any atom is -0.395 e. The topological polar surface area (TPSA) is 86.8 Å². The maximum absolute atomic E-state index is 8.48. The second-order valence-corrected chi connectivity index (χ2v) is 2.51. The van der Waals surface area contributed by atoms with E-state index in [1.54, 1.807) is 0 Å². The predicted molar refractivity (Wildman–Crippen MR) is 41.5 cm³/mol. The van der Waals surface area contributed by atoms with Crippen molar-refractivity contribution in [1.29, 1.82) is 0 Å². The number of aliphatic hydroxyl groups is 1. The fourth-order valence-electron chi connectivity index (χ4n) is 1.15. The Morgan fingerprint density at radius 1 is 1.42 bits per heavy atom. The van der Waals surface area contributed by atoms with Gasteiger partial charge in [0.05, 0.1) is 6.61 Å². The van der Waals surface area contributed by atoms with Crippen molar-refractivity contribution in [2.45, 2.75) is 12.8 Å². The zero-order valence-corrected chi connectivity index (χ0v) is 6.85. The van der Waals surface area contributed by atoms with Gasteiger partial charge in [-0.05, 0) is 25.9 Å². The quantitative estimate of drug-likeness (QED) is 0.449. The van der Waals surface area contributed by atoms with Crippen molar-refractivity contribution < 1.29 is 15.4 Å². The van der Waals surface area contributed by atoms with Crippen LogP contribution in [0.4, 0.5) is 0 Å². The number of aliphatic hydroxyl groups excluding tert-OH is 1. The Kier molecular flexibility index (Phi) is 6.31. The first-order valence-electron chi connectivity index (χ1n) is 3.83. The van der Waals surface area contributed by atoms with Gasteiger partial charge in [0.2, 0.25) is 0 Å². The minimum absolute atomic E-state index is 0.319. The molecule has 1 aliphatic rings. The highest BCUT2D eigenvalue weighted by Gasteiger charge is 2.08. The first kappa shape index (κ1) is 11.1. The van der Waals surface area contributed by atoms with Crippen LogP contribution in [0.3, 0.4) is 0 Å². The van der Waals surface area contributed by atoms with Gasteiger partial charge in [-0.25, -0.2) is 0 Å². The van der Waals surface area contributed by atoms with Crippen molar-refractivity contribution in [1.82, 2.24) is 4.90 Å². The first-order chi connectivity index (χ1) is 5.66. The Balaban J connectivity index is 0.000000261. The molecule has 72 valence electrons. The lowest BCUT2D eigenvalue weighted by atomic mass is 10.4. The van der Waals surface area contributed by atoms with Crippen LogP contribution in [0.2, 0.25) is 0 Å². The van der Waals surface area contributed by atoms with Crippen molar-refractivity contribution in [2.75, 3.05) is 26.2 Å². The number of hydrogen-bond acceptors (Lipinski definition) is 4. The lowest BCUT2D eigenvalue weighted by Gasteiger charge is -2.10. The Morgan fingerprint density at radius 3 is 2.17 bits per heavy atom. The van der Waals surface area contributed by atoms with Gasteiger partial charge in [0, 0.05) is 6.54 Å². The van der Waals surface area contributed by atoms with Crippen LogP contribution < -0.4 is 0 Å². The Bertz CT molecular complexity index is 121. The van der Waals surface area contributed by atoms with Crippen molar-refractivity contribution in [3.8, 4) is 0 Å². The molecule has 12 heavy (non-hydrogen) atoms. The van der Waals surface area contributed by atoms with Crippen LogP contribution in [-0.2, 0) is 0 Å². The maximum Gasteiger partial charge on any atom is 0.291 e. The molecule has 0 radical (unpaired) electrons. The van der Waals surface area contributed by atoms with Gasteiger partial charge in [-0.15, -0.1) is 10.1 Å². The van der Waals surface area contributed by atoms with Gasteiger partial charge in [-0.2, -0.15) is 0 Å². The number of hydrogen-bond donors (Lipinski definition) is 2. The molecule has 6 nitrogen and oxygen atoms in total. The van der Waals surface area contributed by atoms with Crippen LogP contribution in [0.25, 0.3) is 0 Å². The molecule has 0 bridgehead atoms. The monoisotopic (exact) mass is 178 g/mol. The summed E-state index contributed by atoms with van der Waals surface area (Å²) < 4.78 is 0. The summed E-state index contributed by atoms with van der Waals surface area (Å²) >= 11 is 0. The Labute approximate surface area is 70.5 Å². The Morgan fingerprint density at radius 2 is 1.83 bits per heavy atom. The molecule has 0 aromatic rings. The molecule has 0 spiro atoms. The lowest BCUT2D eigenvalue weighted by molar-refractivity contribution is -0.742. The highest BCUT2D eigenvalue weighted by molar-refractivity contribution is 4.64. The molecular weight excluding hydrogens is 164 g/mol. The molecule has 0 unspecified atom stereocenters. The van der Waals surface area contributed by atoms with Gasteiger partial charge in [0.1, 0.15) is 0 Å². The largest absolute Gasteiger partial charge is 0.395 e. The molecule has 0 aromatic carbocycles. The molecule has 0 atom stereocenters. The summed E-state index contributed by atoms with van der Waals surface area (Å²) in [5.74, 6) is 0. The lowest BCUT2D eigenvalue weighted by Crippen LogP contribution is -2.22. The summed E-state index contributed by atoms with van der Waals surface area (Å²) in [7, 11) is 0. The normalized spacial score (nSPS) is 16.8. The average Bonchev–Trinajstić information content (AvgIpc) is 2.39. The van der Waals surface area contributed by atoms with Crippen molar-refractivity contribution in [3.63, 3.8) is 0 Å². The van der Waals surface area contributed by atoms with Crippen LogP contribution in [-0.4, -0.2) is 46.5 Å². The summed E-state index contributed by atoms with van der Waals surface area (Å²) in [6.45, 7) is 3.58. The SMILES string of the molecule is O=[N+]([O-])O.OCCN1CCCC1. The van der Waals surface area contributed by atoms with Gasteiger partial charge in [0.25, 0.3) is 5.09 Å². The number of nitrogens with zero attached hydrogens (tertiary/aromatic N) is 2. The van der Waals surface area contributed by atoms with Gasteiger partial charge in [-0.3, -0.25) is 0 Å². The molecule has 0 aromatic heterocycles. The minimum atomic E-state index is -1.50. The first-order valence-corrected chi connectivity index (χ1v) is 3.83. The van der Waals surface area contributed by atoms with Crippen LogP contribution in [0.5, 0.6) is 0 Å². The van der Waals surface area contributed by atoms with Gasteiger partial charge in [-0.1, -0.05) is 0 Å². The molecule has 1 fully saturated rings. The average molecular weight is 178 g/mol. The van der Waals surface area contributed by atoms with Gasteiger partial charge < -0.3 is 15.2 Å². The molecule has 0 aliphatic carbocycles. The molecule has 1 aliphatic heterocycles. The second kappa shape index (κ2) is 6.81. The third kappa shape index (κ3) is 7.23. The summed E-state index contributed by atoms with van der Waals surface area (Å²) in [5.41, 5.74) is 0. The van der Waals surface area contributed by atoms with Crippen LogP contribution >= 0.6 is 0 Å². The van der Waals surface area contributed by atoms with Crippen molar-refractivity contribution >= 4 is 0 Å². The summed E-state index contributed by atoms with van der Waals surface area (Å²) in [6, 6.07) is 0. The fraction of sp³-hybridized carbons (Fsp3) is 1.00. The van der Waals surface area contributed by atoms with E-state index in [1.165, 1.54) is 25.9 Å².